The minimum atomic E-state index is -0.535. The summed E-state index contributed by atoms with van der Waals surface area (Å²) in [5.74, 6) is 5.22. The van der Waals surface area contributed by atoms with Crippen LogP contribution in [0.15, 0.2) is 54.7 Å². The van der Waals surface area contributed by atoms with Crippen LogP contribution in [0.5, 0.6) is 5.75 Å². The van der Waals surface area contributed by atoms with E-state index in [-0.39, 0.29) is 17.3 Å². The van der Waals surface area contributed by atoms with Crippen LogP contribution in [-0.2, 0) is 0 Å². The first kappa shape index (κ1) is 21.3. The molecule has 30 heavy (non-hydrogen) atoms. The lowest BCUT2D eigenvalue weighted by molar-refractivity contribution is 0.0992. The van der Waals surface area contributed by atoms with E-state index in [0.29, 0.717) is 12.2 Å². The van der Waals surface area contributed by atoms with Crippen LogP contribution in [0.3, 0.4) is 0 Å². The van der Waals surface area contributed by atoms with Crippen molar-refractivity contribution in [1.82, 2.24) is 4.98 Å². The lowest BCUT2D eigenvalue weighted by atomic mass is 10.1. The highest BCUT2D eigenvalue weighted by Gasteiger charge is 2.19. The summed E-state index contributed by atoms with van der Waals surface area (Å²) in [7, 11) is 1.56. The van der Waals surface area contributed by atoms with Gasteiger partial charge in [0.2, 0.25) is 0 Å². The Bertz CT molecular complexity index is 1090. The molecule has 0 N–H and O–H groups in total. The van der Waals surface area contributed by atoms with Gasteiger partial charge in [0.25, 0.3) is 5.91 Å². The summed E-state index contributed by atoms with van der Waals surface area (Å²) in [5, 5.41) is 0.860. The predicted octanol–water partition coefficient (Wildman–Crippen LogP) is 5.61. The number of pyridine rings is 1. The van der Waals surface area contributed by atoms with Gasteiger partial charge in [-0.15, -0.1) is 11.8 Å². The van der Waals surface area contributed by atoms with E-state index in [1.807, 2.05) is 19.1 Å². The molecule has 0 saturated carbocycles. The topological polar surface area (TPSA) is 42.4 Å². The van der Waals surface area contributed by atoms with E-state index in [2.05, 4.69) is 16.8 Å². The molecule has 0 aliphatic rings. The summed E-state index contributed by atoms with van der Waals surface area (Å²) >= 11 is 0. The molecule has 1 amide bonds. The molecule has 1 heterocycles. The Labute approximate surface area is 176 Å². The van der Waals surface area contributed by atoms with Gasteiger partial charge in [0.05, 0.1) is 17.8 Å². The van der Waals surface area contributed by atoms with Crippen LogP contribution in [0.4, 0.5) is 10.1 Å². The van der Waals surface area contributed by atoms with Crippen molar-refractivity contribution in [2.75, 3.05) is 18.6 Å². The molecule has 154 valence electrons. The summed E-state index contributed by atoms with van der Waals surface area (Å²) in [6, 6.07) is 13.8. The zero-order valence-electron chi connectivity index (χ0n) is 17.3. The lowest BCUT2D eigenvalue weighted by Crippen LogP contribution is -2.27. The Morgan fingerprint density at radius 1 is 1.13 bits per heavy atom. The van der Waals surface area contributed by atoms with Crippen LogP contribution in [0.1, 0.15) is 43.0 Å². The van der Waals surface area contributed by atoms with Gasteiger partial charge in [-0.05, 0) is 62.6 Å². The average Bonchev–Trinajstić information content (AvgIpc) is 2.78. The van der Waals surface area contributed by atoms with Crippen LogP contribution in [-0.4, -0.2) is 24.5 Å². The zero-order valence-corrected chi connectivity index (χ0v) is 17.3. The Morgan fingerprint density at radius 3 is 2.83 bits per heavy atom. The molecule has 0 unspecified atom stereocenters. The van der Waals surface area contributed by atoms with E-state index in [1.165, 1.54) is 4.90 Å². The molecule has 0 atom stereocenters. The van der Waals surface area contributed by atoms with E-state index in [0.717, 1.165) is 36.6 Å². The molecular weight excluding hydrogens is 379 g/mol. The number of rotatable bonds is 8. The average molecular weight is 404 g/mol. The van der Waals surface area contributed by atoms with E-state index < -0.39 is 5.82 Å². The Kier molecular flexibility index (Phi) is 7.40. The molecule has 0 bridgehead atoms. The second-order valence-corrected chi connectivity index (χ2v) is 6.95. The van der Waals surface area contributed by atoms with Gasteiger partial charge in [0, 0.05) is 30.6 Å². The fourth-order valence-electron chi connectivity index (χ4n) is 3.18. The normalized spacial score (nSPS) is 10.4. The highest BCUT2D eigenvalue weighted by molar-refractivity contribution is 6.07. The van der Waals surface area contributed by atoms with Crippen molar-refractivity contribution < 1.29 is 13.9 Å². The largest absolute Gasteiger partial charge is 0.490 e. The molecule has 0 aliphatic carbocycles. The van der Waals surface area contributed by atoms with E-state index in [4.69, 9.17) is 4.74 Å². The van der Waals surface area contributed by atoms with Crippen LogP contribution >= 0.6 is 0 Å². The van der Waals surface area contributed by atoms with Crippen molar-refractivity contribution in [2.24, 2.45) is 0 Å². The van der Waals surface area contributed by atoms with Crippen molar-refractivity contribution in [3.63, 3.8) is 0 Å². The van der Waals surface area contributed by atoms with Crippen molar-refractivity contribution in [3.8, 4) is 17.6 Å². The van der Waals surface area contributed by atoms with Gasteiger partial charge in [-0.1, -0.05) is 12.1 Å². The van der Waals surface area contributed by atoms with Crippen LogP contribution in [0.2, 0.25) is 0 Å². The van der Waals surface area contributed by atoms with Gasteiger partial charge >= 0.3 is 0 Å². The Morgan fingerprint density at radius 2 is 2.00 bits per heavy atom. The molecule has 5 heteroatoms. The molecule has 4 nitrogen and oxygen atoms in total. The number of anilines is 1. The minimum Gasteiger partial charge on any atom is -0.490 e. The fourth-order valence-corrected chi connectivity index (χ4v) is 3.18. The third-order valence-corrected chi connectivity index (χ3v) is 4.84. The summed E-state index contributed by atoms with van der Waals surface area (Å²) < 4.78 is 20.6. The quantitative estimate of drug-likeness (QED) is 0.362. The number of aromatic nitrogens is 1. The summed E-state index contributed by atoms with van der Waals surface area (Å²) in [6.45, 7) is 2.26. The number of benzene rings is 2. The number of carbonyl (C=O) groups is 1. The second kappa shape index (κ2) is 10.4. The summed E-state index contributed by atoms with van der Waals surface area (Å²) in [5.41, 5.74) is 1.46. The highest BCUT2D eigenvalue weighted by atomic mass is 19.1. The molecule has 3 rings (SSSR count). The number of halogens is 1. The molecule has 0 fully saturated rings. The van der Waals surface area contributed by atoms with Gasteiger partial charge in [-0.2, -0.15) is 0 Å². The maximum absolute atomic E-state index is 15.0. The van der Waals surface area contributed by atoms with E-state index in [1.54, 1.807) is 49.6 Å². The Hall–Kier alpha value is -3.39. The second-order valence-electron chi connectivity index (χ2n) is 6.95. The Balaban J connectivity index is 1.67. The minimum absolute atomic E-state index is 0.156. The van der Waals surface area contributed by atoms with Crippen molar-refractivity contribution in [1.29, 1.82) is 0 Å². The zero-order chi connectivity index (χ0) is 21.3. The van der Waals surface area contributed by atoms with Crippen LogP contribution in [0.25, 0.3) is 10.9 Å². The first-order valence-corrected chi connectivity index (χ1v) is 10.1. The highest BCUT2D eigenvalue weighted by Crippen LogP contribution is 2.28. The van der Waals surface area contributed by atoms with Gasteiger partial charge in [-0.25, -0.2) is 4.39 Å². The van der Waals surface area contributed by atoms with Gasteiger partial charge < -0.3 is 9.64 Å². The fraction of sp³-hybridized carbons (Fsp3) is 0.280. The molecular formula is C25H25FN2O2. The van der Waals surface area contributed by atoms with Gasteiger partial charge in [0.1, 0.15) is 0 Å². The lowest BCUT2D eigenvalue weighted by Gasteiger charge is -2.19. The van der Waals surface area contributed by atoms with Crippen LogP contribution in [0, 0.1) is 17.7 Å². The van der Waals surface area contributed by atoms with Crippen molar-refractivity contribution in [2.45, 2.75) is 32.6 Å². The van der Waals surface area contributed by atoms with Gasteiger partial charge in [-0.3, -0.25) is 9.78 Å². The van der Waals surface area contributed by atoms with E-state index in [9.17, 15) is 9.18 Å². The third-order valence-electron chi connectivity index (χ3n) is 4.84. The first-order chi connectivity index (χ1) is 14.6. The van der Waals surface area contributed by atoms with Gasteiger partial charge in [0.15, 0.2) is 11.6 Å². The SMILES string of the molecule is CC#CCCCCCOc1cccc(N(C)C(=O)c2ccc3ncccc3c2)c1F. The molecule has 0 aliphatic heterocycles. The maximum Gasteiger partial charge on any atom is 0.258 e. The predicted molar refractivity (Wildman–Crippen MR) is 118 cm³/mol. The molecule has 3 aromatic rings. The number of amides is 1. The van der Waals surface area contributed by atoms with Crippen molar-refractivity contribution >= 4 is 22.5 Å². The number of unbranched alkanes of at least 4 members (excludes halogenated alkanes) is 3. The number of fused-ring (bicyclic) bond motifs is 1. The summed E-state index contributed by atoms with van der Waals surface area (Å²) in [4.78, 5) is 18.5. The van der Waals surface area contributed by atoms with E-state index >= 15 is 0 Å². The number of hydrogen-bond acceptors (Lipinski definition) is 3. The molecule has 0 saturated heterocycles. The maximum atomic E-state index is 15.0. The first-order valence-electron chi connectivity index (χ1n) is 10.1. The third kappa shape index (κ3) is 5.15. The molecule has 0 spiro atoms. The standard InChI is InChI=1S/C25H25FN2O2/c1-3-4-5-6-7-8-17-30-23-13-9-12-22(24(23)26)28(2)25(29)20-14-15-21-19(18-20)11-10-16-27-21/h9-16,18H,5-8,17H2,1-2H3. The number of carbonyl (C=O) groups excluding carboxylic acids is 1. The van der Waals surface area contributed by atoms with Crippen LogP contribution < -0.4 is 9.64 Å². The number of nitrogens with zero attached hydrogens (tertiary/aromatic N) is 2. The molecule has 1 aromatic heterocycles. The summed E-state index contributed by atoms with van der Waals surface area (Å²) in [6.07, 6.45) is 5.39. The number of ether oxygens (including phenoxy) is 1. The molecule has 0 radical (unpaired) electrons. The number of hydrogen-bond donors (Lipinski definition) is 0. The smallest absolute Gasteiger partial charge is 0.258 e. The van der Waals surface area contributed by atoms with Crippen molar-refractivity contribution in [3.05, 3.63) is 66.1 Å². The molecule has 2 aromatic carbocycles. The monoisotopic (exact) mass is 404 g/mol.